The summed E-state index contributed by atoms with van der Waals surface area (Å²) in [5.41, 5.74) is 1.27. The Labute approximate surface area is 210 Å². The van der Waals surface area contributed by atoms with E-state index in [0.29, 0.717) is 12.1 Å². The molecule has 180 valence electrons. The van der Waals surface area contributed by atoms with Gasteiger partial charge in [0.1, 0.15) is 12.6 Å². The van der Waals surface area contributed by atoms with E-state index in [2.05, 4.69) is 27.9 Å². The molecule has 2 aromatic carbocycles. The van der Waals surface area contributed by atoms with E-state index < -0.39 is 22.0 Å². The summed E-state index contributed by atoms with van der Waals surface area (Å²) in [6.45, 7) is 5.55. The molecule has 0 aliphatic heterocycles. The van der Waals surface area contributed by atoms with Crippen molar-refractivity contribution in [2.24, 2.45) is 0 Å². The van der Waals surface area contributed by atoms with Crippen molar-refractivity contribution in [2.75, 3.05) is 17.1 Å². The topological polar surface area (TPSA) is 86.8 Å². The van der Waals surface area contributed by atoms with Crippen molar-refractivity contribution >= 4 is 50.1 Å². The van der Waals surface area contributed by atoms with E-state index in [1.807, 2.05) is 51.1 Å². The molecule has 2 atom stereocenters. The predicted octanol–water partition coefficient (Wildman–Crippen LogP) is 3.78. The minimum absolute atomic E-state index is 0.0282. The third kappa shape index (κ3) is 7.99. The standard InChI is InChI=1S/C24H32IN3O4S/c1-5-18(3)26-24(30)22(6-2)27(16-19-10-8-7-9-11-19)23(29)17-28(33(4,31)32)21-14-12-20(25)13-15-21/h7-15,18,22H,5-6,16-17H2,1-4H3,(H,26,30)/t18-,22-/m0/s1. The van der Waals surface area contributed by atoms with Gasteiger partial charge in [-0.25, -0.2) is 8.42 Å². The van der Waals surface area contributed by atoms with Crippen LogP contribution in [0.25, 0.3) is 0 Å². The summed E-state index contributed by atoms with van der Waals surface area (Å²) < 4.78 is 27.2. The Morgan fingerprint density at radius 1 is 1.00 bits per heavy atom. The number of rotatable bonds is 11. The van der Waals surface area contributed by atoms with Gasteiger partial charge in [-0.15, -0.1) is 0 Å². The number of nitrogens with one attached hydrogen (secondary N) is 1. The van der Waals surface area contributed by atoms with Gasteiger partial charge in [0, 0.05) is 16.2 Å². The van der Waals surface area contributed by atoms with Gasteiger partial charge in [-0.05, 0) is 72.2 Å². The van der Waals surface area contributed by atoms with Crippen LogP contribution in [-0.4, -0.2) is 50.0 Å². The predicted molar refractivity (Wildman–Crippen MR) is 140 cm³/mol. The molecule has 0 aliphatic rings. The maximum atomic E-state index is 13.5. The highest BCUT2D eigenvalue weighted by molar-refractivity contribution is 14.1. The van der Waals surface area contributed by atoms with E-state index >= 15 is 0 Å². The van der Waals surface area contributed by atoms with Crippen molar-refractivity contribution in [3.05, 3.63) is 63.7 Å². The SMILES string of the molecule is CC[C@H](C)NC(=O)[C@H](CC)N(Cc1ccccc1)C(=O)CN(c1ccc(I)cc1)S(C)(=O)=O. The molecule has 0 spiro atoms. The zero-order valence-corrected chi connectivity index (χ0v) is 22.5. The summed E-state index contributed by atoms with van der Waals surface area (Å²) in [6, 6.07) is 15.5. The number of sulfonamides is 1. The van der Waals surface area contributed by atoms with Crippen LogP contribution < -0.4 is 9.62 Å². The van der Waals surface area contributed by atoms with Crippen LogP contribution in [0.15, 0.2) is 54.6 Å². The van der Waals surface area contributed by atoms with Crippen molar-refractivity contribution < 1.29 is 18.0 Å². The Kier molecular flexibility index (Phi) is 10.2. The largest absolute Gasteiger partial charge is 0.352 e. The molecule has 2 rings (SSSR count). The van der Waals surface area contributed by atoms with Crippen LogP contribution in [0, 0.1) is 3.57 Å². The molecule has 2 amide bonds. The van der Waals surface area contributed by atoms with Gasteiger partial charge >= 0.3 is 0 Å². The number of carbonyl (C=O) groups excluding carboxylic acids is 2. The van der Waals surface area contributed by atoms with Gasteiger partial charge < -0.3 is 10.2 Å². The molecule has 0 aromatic heterocycles. The highest BCUT2D eigenvalue weighted by Gasteiger charge is 2.32. The lowest BCUT2D eigenvalue weighted by molar-refractivity contribution is -0.140. The number of nitrogens with zero attached hydrogens (tertiary/aromatic N) is 2. The van der Waals surface area contributed by atoms with Gasteiger partial charge in [0.25, 0.3) is 0 Å². The lowest BCUT2D eigenvalue weighted by Gasteiger charge is -2.33. The van der Waals surface area contributed by atoms with E-state index in [1.54, 1.807) is 24.3 Å². The zero-order valence-electron chi connectivity index (χ0n) is 19.5. The summed E-state index contributed by atoms with van der Waals surface area (Å²) in [6.07, 6.45) is 2.25. The van der Waals surface area contributed by atoms with Crippen LogP contribution in [0.3, 0.4) is 0 Å². The fraction of sp³-hybridized carbons (Fsp3) is 0.417. The summed E-state index contributed by atoms with van der Waals surface area (Å²) in [7, 11) is -3.73. The number of hydrogen-bond donors (Lipinski definition) is 1. The van der Waals surface area contributed by atoms with Crippen molar-refractivity contribution in [3.8, 4) is 0 Å². The Hall–Kier alpha value is -2.14. The Bertz CT molecular complexity index is 1030. The van der Waals surface area contributed by atoms with Crippen molar-refractivity contribution in [2.45, 2.75) is 52.2 Å². The van der Waals surface area contributed by atoms with Crippen molar-refractivity contribution in [1.82, 2.24) is 10.2 Å². The van der Waals surface area contributed by atoms with Crippen LogP contribution >= 0.6 is 22.6 Å². The molecule has 9 heteroatoms. The van der Waals surface area contributed by atoms with Gasteiger partial charge in [0.2, 0.25) is 21.8 Å². The molecule has 0 aliphatic carbocycles. The smallest absolute Gasteiger partial charge is 0.244 e. The Morgan fingerprint density at radius 3 is 2.12 bits per heavy atom. The number of anilines is 1. The molecule has 0 saturated heterocycles. The summed E-state index contributed by atoms with van der Waals surface area (Å²) >= 11 is 2.14. The van der Waals surface area contributed by atoms with Crippen LogP contribution in [0.4, 0.5) is 5.69 Å². The second-order valence-electron chi connectivity index (χ2n) is 8.00. The van der Waals surface area contributed by atoms with E-state index in [9.17, 15) is 18.0 Å². The molecule has 0 heterocycles. The first-order chi connectivity index (χ1) is 15.6. The molecule has 1 N–H and O–H groups in total. The number of halogens is 1. The van der Waals surface area contributed by atoms with Crippen LogP contribution in [0.1, 0.15) is 39.2 Å². The molecule has 2 aromatic rings. The minimum atomic E-state index is -3.73. The van der Waals surface area contributed by atoms with Crippen LogP contribution in [-0.2, 0) is 26.2 Å². The summed E-state index contributed by atoms with van der Waals surface area (Å²) in [5, 5.41) is 2.96. The van der Waals surface area contributed by atoms with E-state index in [1.165, 1.54) is 4.90 Å². The molecular formula is C24H32IN3O4S. The van der Waals surface area contributed by atoms with Gasteiger partial charge in [-0.1, -0.05) is 44.2 Å². The molecule has 33 heavy (non-hydrogen) atoms. The average molecular weight is 586 g/mol. The molecule has 7 nitrogen and oxygen atoms in total. The molecule has 0 fully saturated rings. The molecular weight excluding hydrogens is 553 g/mol. The fourth-order valence-corrected chi connectivity index (χ4v) is 4.57. The Morgan fingerprint density at radius 2 is 1.61 bits per heavy atom. The number of amides is 2. The first-order valence-electron chi connectivity index (χ1n) is 10.9. The first-order valence-corrected chi connectivity index (χ1v) is 13.9. The number of carbonyl (C=O) groups is 2. The molecule has 0 bridgehead atoms. The third-order valence-electron chi connectivity index (χ3n) is 5.38. The van der Waals surface area contributed by atoms with Crippen molar-refractivity contribution in [3.63, 3.8) is 0 Å². The maximum Gasteiger partial charge on any atom is 0.244 e. The van der Waals surface area contributed by atoms with E-state index in [4.69, 9.17) is 0 Å². The minimum Gasteiger partial charge on any atom is -0.352 e. The fourth-order valence-electron chi connectivity index (χ4n) is 3.36. The quantitative estimate of drug-likeness (QED) is 0.407. The highest BCUT2D eigenvalue weighted by Crippen LogP contribution is 2.21. The van der Waals surface area contributed by atoms with Gasteiger partial charge in [0.05, 0.1) is 11.9 Å². The molecule has 0 radical (unpaired) electrons. The zero-order chi connectivity index (χ0) is 24.6. The monoisotopic (exact) mass is 585 g/mol. The van der Waals surface area contributed by atoms with E-state index in [0.717, 1.165) is 26.1 Å². The summed E-state index contributed by atoms with van der Waals surface area (Å²) in [4.78, 5) is 28.1. The Balaban J connectivity index is 2.39. The molecule has 0 saturated carbocycles. The third-order valence-corrected chi connectivity index (χ3v) is 7.24. The second kappa shape index (κ2) is 12.4. The first kappa shape index (κ1) is 27.1. The number of benzene rings is 2. The summed E-state index contributed by atoms with van der Waals surface area (Å²) in [5.74, 6) is -0.676. The van der Waals surface area contributed by atoms with Gasteiger partial charge in [0.15, 0.2) is 0 Å². The van der Waals surface area contributed by atoms with Gasteiger partial charge in [-0.2, -0.15) is 0 Å². The second-order valence-corrected chi connectivity index (χ2v) is 11.1. The van der Waals surface area contributed by atoms with Gasteiger partial charge in [-0.3, -0.25) is 13.9 Å². The number of hydrogen-bond acceptors (Lipinski definition) is 4. The highest BCUT2D eigenvalue weighted by atomic mass is 127. The lowest BCUT2D eigenvalue weighted by Crippen LogP contribution is -2.53. The van der Waals surface area contributed by atoms with E-state index in [-0.39, 0.29) is 25.0 Å². The van der Waals surface area contributed by atoms with Crippen molar-refractivity contribution in [1.29, 1.82) is 0 Å². The van der Waals surface area contributed by atoms with Crippen LogP contribution in [0.2, 0.25) is 0 Å². The molecule has 0 unspecified atom stereocenters. The van der Waals surface area contributed by atoms with Crippen LogP contribution in [0.5, 0.6) is 0 Å². The lowest BCUT2D eigenvalue weighted by atomic mass is 10.1. The normalized spacial score (nSPS) is 13.1. The average Bonchev–Trinajstić information content (AvgIpc) is 2.77. The maximum absolute atomic E-state index is 13.5.